The fourth-order valence-electron chi connectivity index (χ4n) is 1.52. The first kappa shape index (κ1) is 9.32. The monoisotopic (exact) mass is 186 g/mol. The topological polar surface area (TPSA) is 20.3 Å². The third-order valence-corrected chi connectivity index (χ3v) is 2.63. The standard InChI is InChI=1S/C11H13BNO/c1-12-10-5-3-9(4-6-10)11(14)13-7-2-8-13/h3-6H,2,7-8H2,1H3. The van der Waals surface area contributed by atoms with Crippen LogP contribution < -0.4 is 5.46 Å². The number of amides is 1. The van der Waals surface area contributed by atoms with Gasteiger partial charge in [-0.2, -0.15) is 0 Å². The van der Waals surface area contributed by atoms with Crippen LogP contribution in [0.15, 0.2) is 24.3 Å². The maximum Gasteiger partial charge on any atom is 0.253 e. The average Bonchev–Trinajstić information content (AvgIpc) is 2.15. The van der Waals surface area contributed by atoms with Gasteiger partial charge in [-0.15, -0.1) is 0 Å². The molecule has 1 radical (unpaired) electrons. The van der Waals surface area contributed by atoms with Gasteiger partial charge >= 0.3 is 0 Å². The summed E-state index contributed by atoms with van der Waals surface area (Å²) in [5.41, 5.74) is 1.96. The Morgan fingerprint density at radius 2 is 1.93 bits per heavy atom. The highest BCUT2D eigenvalue weighted by atomic mass is 16.2. The van der Waals surface area contributed by atoms with Crippen LogP contribution in [-0.4, -0.2) is 31.2 Å². The number of carbonyl (C=O) groups excluding carboxylic acids is 1. The van der Waals surface area contributed by atoms with Gasteiger partial charge in [0, 0.05) is 18.7 Å². The molecule has 3 heteroatoms. The number of hydrogen-bond donors (Lipinski definition) is 0. The van der Waals surface area contributed by atoms with Gasteiger partial charge in [-0.1, -0.05) is 36.6 Å². The average molecular weight is 186 g/mol. The van der Waals surface area contributed by atoms with Crippen LogP contribution in [0.4, 0.5) is 0 Å². The molecular weight excluding hydrogens is 173 g/mol. The van der Waals surface area contributed by atoms with Gasteiger partial charge in [0.15, 0.2) is 0 Å². The third kappa shape index (κ3) is 1.67. The van der Waals surface area contributed by atoms with E-state index in [2.05, 4.69) is 0 Å². The molecule has 1 heterocycles. The van der Waals surface area contributed by atoms with Crippen molar-refractivity contribution >= 4 is 18.6 Å². The summed E-state index contributed by atoms with van der Waals surface area (Å²) in [4.78, 5) is 13.6. The van der Waals surface area contributed by atoms with Gasteiger partial charge in [-0.05, 0) is 6.42 Å². The zero-order chi connectivity index (χ0) is 9.97. The Balaban J connectivity index is 2.11. The van der Waals surface area contributed by atoms with Crippen LogP contribution in [0.3, 0.4) is 0 Å². The van der Waals surface area contributed by atoms with Crippen LogP contribution in [-0.2, 0) is 0 Å². The van der Waals surface area contributed by atoms with E-state index in [9.17, 15) is 4.79 Å². The lowest BCUT2D eigenvalue weighted by Gasteiger charge is -2.30. The van der Waals surface area contributed by atoms with Gasteiger partial charge in [0.25, 0.3) is 5.91 Å². The maximum absolute atomic E-state index is 11.7. The highest BCUT2D eigenvalue weighted by molar-refractivity contribution is 6.51. The Morgan fingerprint density at radius 3 is 2.36 bits per heavy atom. The van der Waals surface area contributed by atoms with Crippen molar-refractivity contribution in [3.63, 3.8) is 0 Å². The van der Waals surface area contributed by atoms with E-state index in [1.807, 2.05) is 43.3 Å². The molecule has 0 N–H and O–H groups in total. The molecule has 0 bridgehead atoms. The van der Waals surface area contributed by atoms with E-state index >= 15 is 0 Å². The van der Waals surface area contributed by atoms with Gasteiger partial charge < -0.3 is 4.90 Å². The zero-order valence-electron chi connectivity index (χ0n) is 8.36. The third-order valence-electron chi connectivity index (χ3n) is 2.63. The van der Waals surface area contributed by atoms with Crippen molar-refractivity contribution < 1.29 is 4.79 Å². The number of carbonyl (C=O) groups is 1. The van der Waals surface area contributed by atoms with Crippen molar-refractivity contribution in [1.29, 1.82) is 0 Å². The molecule has 0 saturated carbocycles. The Morgan fingerprint density at radius 1 is 1.29 bits per heavy atom. The Bertz CT molecular complexity index is 330. The molecule has 1 aromatic carbocycles. The summed E-state index contributed by atoms with van der Waals surface area (Å²) in [5.74, 6) is 0.166. The number of benzene rings is 1. The van der Waals surface area contributed by atoms with Crippen molar-refractivity contribution in [2.75, 3.05) is 13.1 Å². The Labute approximate surface area is 85.2 Å². The molecule has 0 atom stereocenters. The van der Waals surface area contributed by atoms with E-state index in [1.54, 1.807) is 0 Å². The van der Waals surface area contributed by atoms with Gasteiger partial charge in [0.05, 0.1) is 0 Å². The van der Waals surface area contributed by atoms with Crippen LogP contribution in [0, 0.1) is 0 Å². The number of hydrogen-bond acceptors (Lipinski definition) is 1. The zero-order valence-corrected chi connectivity index (χ0v) is 8.36. The highest BCUT2D eigenvalue weighted by Gasteiger charge is 2.20. The molecule has 71 valence electrons. The molecule has 1 aromatic rings. The van der Waals surface area contributed by atoms with E-state index in [0.717, 1.165) is 30.5 Å². The maximum atomic E-state index is 11.7. The Kier molecular flexibility index (Phi) is 2.57. The Hall–Kier alpha value is -1.25. The smallest absolute Gasteiger partial charge is 0.253 e. The first-order valence-corrected chi connectivity index (χ1v) is 5.00. The lowest BCUT2D eigenvalue weighted by Crippen LogP contribution is -2.42. The molecule has 14 heavy (non-hydrogen) atoms. The second kappa shape index (κ2) is 3.87. The summed E-state index contributed by atoms with van der Waals surface area (Å²) in [6, 6.07) is 7.76. The van der Waals surface area contributed by atoms with Crippen LogP contribution in [0.5, 0.6) is 0 Å². The molecule has 1 aliphatic rings. The summed E-state index contributed by atoms with van der Waals surface area (Å²) < 4.78 is 0. The van der Waals surface area contributed by atoms with E-state index < -0.39 is 0 Å². The van der Waals surface area contributed by atoms with Crippen LogP contribution in [0.2, 0.25) is 6.82 Å². The van der Waals surface area contributed by atoms with E-state index in [0.29, 0.717) is 0 Å². The van der Waals surface area contributed by atoms with Crippen molar-refractivity contribution in [2.24, 2.45) is 0 Å². The SMILES string of the molecule is C[B]c1ccc(C(=O)N2CCC2)cc1. The number of likely N-dealkylation sites (tertiary alicyclic amines) is 1. The molecule has 0 unspecified atom stereocenters. The highest BCUT2D eigenvalue weighted by Crippen LogP contribution is 2.11. The van der Waals surface area contributed by atoms with Crippen molar-refractivity contribution in [3.8, 4) is 0 Å². The van der Waals surface area contributed by atoms with Crippen LogP contribution in [0.25, 0.3) is 0 Å². The summed E-state index contributed by atoms with van der Waals surface area (Å²) in [6.45, 7) is 3.83. The summed E-state index contributed by atoms with van der Waals surface area (Å²) >= 11 is 0. The number of nitrogens with zero attached hydrogens (tertiary/aromatic N) is 1. The predicted octanol–water partition coefficient (Wildman–Crippen LogP) is 0.910. The fourth-order valence-corrected chi connectivity index (χ4v) is 1.52. The molecule has 2 rings (SSSR count). The van der Waals surface area contributed by atoms with E-state index in [-0.39, 0.29) is 5.91 Å². The lowest BCUT2D eigenvalue weighted by atomic mass is 9.73. The quantitative estimate of drug-likeness (QED) is 0.628. The normalized spacial score (nSPS) is 14.8. The van der Waals surface area contributed by atoms with Gasteiger partial charge in [-0.25, -0.2) is 0 Å². The molecule has 0 spiro atoms. The first-order valence-electron chi connectivity index (χ1n) is 5.00. The largest absolute Gasteiger partial charge is 0.339 e. The van der Waals surface area contributed by atoms with Crippen molar-refractivity contribution in [3.05, 3.63) is 29.8 Å². The van der Waals surface area contributed by atoms with Gasteiger partial charge in [0.2, 0.25) is 0 Å². The minimum atomic E-state index is 0.166. The summed E-state index contributed by atoms with van der Waals surface area (Å²) in [5, 5.41) is 0. The van der Waals surface area contributed by atoms with Crippen molar-refractivity contribution in [2.45, 2.75) is 13.2 Å². The van der Waals surface area contributed by atoms with Crippen LogP contribution in [0.1, 0.15) is 16.8 Å². The molecule has 1 fully saturated rings. The second-order valence-electron chi connectivity index (χ2n) is 3.56. The molecule has 1 amide bonds. The minimum absolute atomic E-state index is 0.166. The van der Waals surface area contributed by atoms with Gasteiger partial charge in [-0.3, -0.25) is 4.79 Å². The molecular formula is C11H13BNO. The first-order chi connectivity index (χ1) is 6.81. The molecule has 1 aliphatic heterocycles. The second-order valence-corrected chi connectivity index (χ2v) is 3.56. The molecule has 0 aromatic heterocycles. The molecule has 1 saturated heterocycles. The van der Waals surface area contributed by atoms with Crippen LogP contribution >= 0.6 is 0 Å². The van der Waals surface area contributed by atoms with Crippen molar-refractivity contribution in [1.82, 2.24) is 4.90 Å². The lowest BCUT2D eigenvalue weighted by molar-refractivity contribution is 0.0652. The molecule has 2 nitrogen and oxygen atoms in total. The minimum Gasteiger partial charge on any atom is -0.339 e. The van der Waals surface area contributed by atoms with E-state index in [4.69, 9.17) is 0 Å². The summed E-state index contributed by atoms with van der Waals surface area (Å²) in [6.07, 6.45) is 1.15. The summed E-state index contributed by atoms with van der Waals surface area (Å²) in [7, 11) is 2.03. The van der Waals surface area contributed by atoms with E-state index in [1.165, 1.54) is 0 Å². The molecule has 0 aliphatic carbocycles. The predicted molar refractivity (Wildman–Crippen MR) is 58.2 cm³/mol. The fraction of sp³-hybridized carbons (Fsp3) is 0.364. The van der Waals surface area contributed by atoms with Gasteiger partial charge in [0.1, 0.15) is 7.28 Å². The number of rotatable bonds is 2.